The van der Waals surface area contributed by atoms with E-state index < -0.39 is 0 Å². The van der Waals surface area contributed by atoms with E-state index in [1.54, 1.807) is 11.3 Å². The van der Waals surface area contributed by atoms with Gasteiger partial charge in [-0.1, -0.05) is 37.6 Å². The van der Waals surface area contributed by atoms with Gasteiger partial charge in [0.1, 0.15) is 0 Å². The fraction of sp³-hybridized carbons (Fsp3) is 0.273. The summed E-state index contributed by atoms with van der Waals surface area (Å²) in [5, 5.41) is 2.09. The maximum absolute atomic E-state index is 2.20. The Morgan fingerprint density at radius 1 is 1.42 bits per heavy atom. The molecular formula is C11H14S. The Bertz CT molecular complexity index is 242. The van der Waals surface area contributed by atoms with Gasteiger partial charge >= 0.3 is 0 Å². The van der Waals surface area contributed by atoms with E-state index in [1.807, 2.05) is 0 Å². The maximum atomic E-state index is 2.20. The van der Waals surface area contributed by atoms with Crippen LogP contribution in [0.15, 0.2) is 35.7 Å². The molecule has 0 aliphatic heterocycles. The van der Waals surface area contributed by atoms with Crippen LogP contribution in [0, 0.1) is 0 Å². The minimum Gasteiger partial charge on any atom is -0.144 e. The van der Waals surface area contributed by atoms with Crippen molar-refractivity contribution in [2.75, 3.05) is 0 Å². The van der Waals surface area contributed by atoms with Crippen molar-refractivity contribution in [2.24, 2.45) is 0 Å². The highest BCUT2D eigenvalue weighted by atomic mass is 32.1. The Morgan fingerprint density at radius 2 is 2.33 bits per heavy atom. The molecule has 1 aromatic rings. The summed E-state index contributed by atoms with van der Waals surface area (Å²) < 4.78 is 0. The Morgan fingerprint density at radius 3 is 3.00 bits per heavy atom. The summed E-state index contributed by atoms with van der Waals surface area (Å²) in [6.45, 7) is 2.19. The molecule has 1 heteroatoms. The van der Waals surface area contributed by atoms with Crippen molar-refractivity contribution in [2.45, 2.75) is 19.8 Å². The third kappa shape index (κ3) is 3.54. The van der Waals surface area contributed by atoms with Gasteiger partial charge in [0.05, 0.1) is 0 Å². The van der Waals surface area contributed by atoms with E-state index in [0.29, 0.717) is 0 Å². The standard InChI is InChI=1S/C11H14S/c1-2-3-4-5-6-8-11-9-7-10-12-11/h4-10H,2-3H2,1H3/b5-4+,8-6-. The van der Waals surface area contributed by atoms with E-state index in [-0.39, 0.29) is 0 Å². The monoisotopic (exact) mass is 178 g/mol. The van der Waals surface area contributed by atoms with Crippen molar-refractivity contribution >= 4 is 17.4 Å². The van der Waals surface area contributed by atoms with Crippen LogP contribution < -0.4 is 0 Å². The van der Waals surface area contributed by atoms with Crippen LogP contribution in [-0.2, 0) is 0 Å². The molecule has 0 aliphatic rings. The van der Waals surface area contributed by atoms with Gasteiger partial charge < -0.3 is 0 Å². The summed E-state index contributed by atoms with van der Waals surface area (Å²) in [5.74, 6) is 0. The van der Waals surface area contributed by atoms with E-state index in [2.05, 4.69) is 48.7 Å². The number of thiophene rings is 1. The molecule has 0 fully saturated rings. The highest BCUT2D eigenvalue weighted by Crippen LogP contribution is 2.09. The van der Waals surface area contributed by atoms with Gasteiger partial charge in [0, 0.05) is 4.88 Å². The number of hydrogen-bond donors (Lipinski definition) is 0. The molecule has 0 bridgehead atoms. The molecule has 64 valence electrons. The lowest BCUT2D eigenvalue weighted by Gasteiger charge is -1.81. The third-order valence-corrected chi connectivity index (χ3v) is 2.34. The number of unbranched alkanes of at least 4 members (excludes halogenated alkanes) is 1. The maximum Gasteiger partial charge on any atom is 0.0270 e. The molecule has 0 nitrogen and oxygen atoms in total. The van der Waals surface area contributed by atoms with Crippen molar-refractivity contribution in [3.05, 3.63) is 40.6 Å². The smallest absolute Gasteiger partial charge is 0.0270 e. The number of hydrogen-bond acceptors (Lipinski definition) is 1. The molecule has 1 heterocycles. The van der Waals surface area contributed by atoms with Crippen LogP contribution >= 0.6 is 11.3 Å². The molecule has 0 saturated carbocycles. The second kappa shape index (κ2) is 5.78. The fourth-order valence-electron chi connectivity index (χ4n) is 0.878. The minimum atomic E-state index is 1.18. The normalized spacial score (nSPS) is 11.8. The molecule has 0 spiro atoms. The van der Waals surface area contributed by atoms with E-state index >= 15 is 0 Å². The summed E-state index contributed by atoms with van der Waals surface area (Å²) in [6.07, 6.45) is 10.9. The van der Waals surface area contributed by atoms with Gasteiger partial charge in [-0.05, 0) is 23.9 Å². The lowest BCUT2D eigenvalue weighted by atomic mass is 10.3. The topological polar surface area (TPSA) is 0 Å². The van der Waals surface area contributed by atoms with Crippen LogP contribution in [0.3, 0.4) is 0 Å². The summed E-state index contributed by atoms with van der Waals surface area (Å²) >= 11 is 1.77. The first-order chi connectivity index (χ1) is 5.93. The summed E-state index contributed by atoms with van der Waals surface area (Å²) in [5.41, 5.74) is 0. The Hall–Kier alpha value is -0.820. The van der Waals surface area contributed by atoms with Crippen LogP contribution in [-0.4, -0.2) is 0 Å². The zero-order chi connectivity index (χ0) is 8.65. The second-order valence-electron chi connectivity index (χ2n) is 2.59. The van der Waals surface area contributed by atoms with Gasteiger partial charge in [-0.25, -0.2) is 0 Å². The van der Waals surface area contributed by atoms with Crippen LogP contribution in [0.4, 0.5) is 0 Å². The van der Waals surface area contributed by atoms with Crippen LogP contribution in [0.25, 0.3) is 6.08 Å². The van der Waals surface area contributed by atoms with Crippen LogP contribution in [0.5, 0.6) is 0 Å². The zero-order valence-electron chi connectivity index (χ0n) is 7.36. The molecule has 0 unspecified atom stereocenters. The molecule has 0 aliphatic carbocycles. The van der Waals surface area contributed by atoms with Gasteiger partial charge in [0.25, 0.3) is 0 Å². The van der Waals surface area contributed by atoms with Crippen LogP contribution in [0.2, 0.25) is 0 Å². The SMILES string of the molecule is CCC/C=C/C=C\c1cccs1. The number of allylic oxidation sites excluding steroid dienone is 3. The molecular weight excluding hydrogens is 164 g/mol. The van der Waals surface area contributed by atoms with Crippen molar-refractivity contribution < 1.29 is 0 Å². The average molecular weight is 178 g/mol. The predicted octanol–water partition coefficient (Wildman–Crippen LogP) is 4.12. The molecule has 0 atom stereocenters. The second-order valence-corrected chi connectivity index (χ2v) is 3.57. The van der Waals surface area contributed by atoms with Crippen molar-refractivity contribution in [1.29, 1.82) is 0 Å². The molecule has 0 aromatic carbocycles. The molecule has 0 N–H and O–H groups in total. The molecule has 1 rings (SSSR count). The van der Waals surface area contributed by atoms with Crippen molar-refractivity contribution in [3.8, 4) is 0 Å². The lowest BCUT2D eigenvalue weighted by Crippen LogP contribution is -1.59. The Labute approximate surface area is 78.2 Å². The van der Waals surface area contributed by atoms with Crippen molar-refractivity contribution in [3.63, 3.8) is 0 Å². The summed E-state index contributed by atoms with van der Waals surface area (Å²) in [6, 6.07) is 4.19. The fourth-order valence-corrected chi connectivity index (χ4v) is 1.51. The first-order valence-corrected chi connectivity index (χ1v) is 5.18. The van der Waals surface area contributed by atoms with Gasteiger partial charge in [0.15, 0.2) is 0 Å². The molecule has 12 heavy (non-hydrogen) atoms. The van der Waals surface area contributed by atoms with Gasteiger partial charge in [0.2, 0.25) is 0 Å². The van der Waals surface area contributed by atoms with Crippen molar-refractivity contribution in [1.82, 2.24) is 0 Å². The van der Waals surface area contributed by atoms with E-state index in [1.165, 1.54) is 17.7 Å². The Kier molecular flexibility index (Phi) is 4.47. The highest BCUT2D eigenvalue weighted by molar-refractivity contribution is 7.10. The predicted molar refractivity (Wildman–Crippen MR) is 57.4 cm³/mol. The summed E-state index contributed by atoms with van der Waals surface area (Å²) in [7, 11) is 0. The minimum absolute atomic E-state index is 1.18. The Balaban J connectivity index is 2.31. The van der Waals surface area contributed by atoms with E-state index in [0.717, 1.165) is 0 Å². The van der Waals surface area contributed by atoms with E-state index in [4.69, 9.17) is 0 Å². The quantitative estimate of drug-likeness (QED) is 0.608. The van der Waals surface area contributed by atoms with Gasteiger partial charge in [-0.15, -0.1) is 11.3 Å². The van der Waals surface area contributed by atoms with Gasteiger partial charge in [-0.2, -0.15) is 0 Å². The first kappa shape index (κ1) is 9.27. The highest BCUT2D eigenvalue weighted by Gasteiger charge is 1.81. The molecule has 0 amide bonds. The first-order valence-electron chi connectivity index (χ1n) is 4.30. The molecule has 1 aromatic heterocycles. The lowest BCUT2D eigenvalue weighted by molar-refractivity contribution is 0.959. The van der Waals surface area contributed by atoms with Gasteiger partial charge in [-0.3, -0.25) is 0 Å². The third-order valence-electron chi connectivity index (χ3n) is 1.51. The molecule has 0 saturated heterocycles. The number of rotatable bonds is 4. The van der Waals surface area contributed by atoms with Crippen LogP contribution in [0.1, 0.15) is 24.6 Å². The largest absolute Gasteiger partial charge is 0.144 e. The molecule has 0 radical (unpaired) electrons. The van der Waals surface area contributed by atoms with E-state index in [9.17, 15) is 0 Å². The zero-order valence-corrected chi connectivity index (χ0v) is 8.18. The average Bonchev–Trinajstić information content (AvgIpc) is 2.57. The summed E-state index contributed by atoms with van der Waals surface area (Å²) in [4.78, 5) is 1.32.